The summed E-state index contributed by atoms with van der Waals surface area (Å²) in [5.74, 6) is 0.167. The second-order valence-corrected chi connectivity index (χ2v) is 17.2. The van der Waals surface area contributed by atoms with Crippen molar-refractivity contribution in [3.8, 4) is 11.1 Å². The largest absolute Gasteiger partial charge is 0.289 e. The highest BCUT2D eigenvalue weighted by atomic mass is 35.5. The summed E-state index contributed by atoms with van der Waals surface area (Å²) >= 11 is 6.38. The number of carbonyl (C=O) groups is 2. The standard InChI is InChI=1S/C42H49ClN4O2/c1-39(2,3)32-19-26(20-33(37(32)48)40(4,5)6)24-44-46-30-16-13-28(14-17-30)31-18-15-29(43)23-36(31)47-45-25-27-21-34(41(7,8)9)38(49)35(22-27)42(10,11)12/h13-25H,1-12H3/b46-44+,47-45-. The van der Waals surface area contributed by atoms with Crippen LogP contribution in [0, 0.1) is 21.7 Å². The lowest BCUT2D eigenvalue weighted by atomic mass is 9.72. The molecule has 0 N–H and O–H groups in total. The number of allylic oxidation sites excluding steroid dienone is 10. The molecule has 0 heterocycles. The van der Waals surface area contributed by atoms with Gasteiger partial charge >= 0.3 is 0 Å². The number of ketones is 2. The van der Waals surface area contributed by atoms with Gasteiger partial charge in [0.15, 0.2) is 11.6 Å². The van der Waals surface area contributed by atoms with Gasteiger partial charge in [-0.05, 0) is 86.9 Å². The van der Waals surface area contributed by atoms with Crippen molar-refractivity contribution in [2.45, 2.75) is 83.1 Å². The highest BCUT2D eigenvalue weighted by molar-refractivity contribution is 6.31. The molecule has 0 aliphatic heterocycles. The maximum atomic E-state index is 13.3. The Balaban J connectivity index is 1.61. The lowest BCUT2D eigenvalue weighted by Crippen LogP contribution is -2.27. The van der Waals surface area contributed by atoms with Crippen LogP contribution in [0.5, 0.6) is 0 Å². The second kappa shape index (κ2) is 13.9. The third kappa shape index (κ3) is 9.24. The average Bonchev–Trinajstić information content (AvgIpc) is 2.97. The van der Waals surface area contributed by atoms with Crippen LogP contribution in [-0.4, -0.2) is 11.6 Å². The van der Waals surface area contributed by atoms with Crippen LogP contribution in [0.2, 0.25) is 5.02 Å². The Morgan fingerprint density at radius 3 is 1.31 bits per heavy atom. The molecule has 0 atom stereocenters. The molecule has 0 bridgehead atoms. The van der Waals surface area contributed by atoms with E-state index in [1.54, 1.807) is 18.5 Å². The highest BCUT2D eigenvalue weighted by Crippen LogP contribution is 2.41. The Morgan fingerprint density at radius 2 is 0.918 bits per heavy atom. The van der Waals surface area contributed by atoms with Crippen molar-refractivity contribution in [2.75, 3.05) is 0 Å². The fourth-order valence-electron chi connectivity index (χ4n) is 5.54. The summed E-state index contributed by atoms with van der Waals surface area (Å²) < 4.78 is 0. The molecule has 2 aromatic carbocycles. The topological polar surface area (TPSA) is 83.6 Å². The van der Waals surface area contributed by atoms with Crippen molar-refractivity contribution >= 4 is 34.5 Å². The molecule has 4 rings (SSSR count). The number of Topliss-reactive ketones (excluding diaryl/α,β-unsaturated/α-hetero) is 2. The van der Waals surface area contributed by atoms with E-state index in [1.165, 1.54) is 0 Å². The van der Waals surface area contributed by atoms with Crippen LogP contribution in [-0.2, 0) is 9.59 Å². The minimum absolute atomic E-state index is 0.0781. The molecule has 0 saturated carbocycles. The molecule has 0 amide bonds. The molecule has 2 aliphatic rings. The molecule has 0 spiro atoms. The van der Waals surface area contributed by atoms with E-state index in [9.17, 15) is 9.59 Å². The van der Waals surface area contributed by atoms with Crippen LogP contribution in [0.4, 0.5) is 11.4 Å². The van der Waals surface area contributed by atoms with Crippen molar-refractivity contribution < 1.29 is 9.59 Å². The first kappa shape index (κ1) is 37.5. The summed E-state index contributed by atoms with van der Waals surface area (Å²) in [6, 6.07) is 13.2. The van der Waals surface area contributed by atoms with Crippen LogP contribution in [0.3, 0.4) is 0 Å². The first-order chi connectivity index (χ1) is 22.6. The van der Waals surface area contributed by atoms with Gasteiger partial charge in [-0.3, -0.25) is 9.59 Å². The number of hydrogen-bond donors (Lipinski definition) is 0. The van der Waals surface area contributed by atoms with Crippen LogP contribution in [0.15, 0.2) is 133 Å². The monoisotopic (exact) mass is 676 g/mol. The summed E-state index contributed by atoms with van der Waals surface area (Å²) in [5, 5.41) is 18.3. The van der Waals surface area contributed by atoms with Crippen molar-refractivity contribution in [1.29, 1.82) is 0 Å². The molecule has 256 valence electrons. The average molecular weight is 677 g/mol. The molecule has 7 heteroatoms. The molecule has 0 radical (unpaired) electrons. The molecular weight excluding hydrogens is 628 g/mol. The van der Waals surface area contributed by atoms with E-state index in [2.05, 4.69) is 20.5 Å². The Kier molecular flexibility index (Phi) is 10.7. The quantitative estimate of drug-likeness (QED) is 0.295. The van der Waals surface area contributed by atoms with Gasteiger partial charge in [0, 0.05) is 32.9 Å². The van der Waals surface area contributed by atoms with E-state index in [-0.39, 0.29) is 33.2 Å². The van der Waals surface area contributed by atoms with Crippen LogP contribution in [0.25, 0.3) is 11.1 Å². The Hall–Kier alpha value is -4.29. The van der Waals surface area contributed by atoms with Gasteiger partial charge in [0.1, 0.15) is 0 Å². The lowest BCUT2D eigenvalue weighted by Gasteiger charge is -2.31. The van der Waals surface area contributed by atoms with E-state index < -0.39 is 0 Å². The number of halogens is 1. The Morgan fingerprint density at radius 1 is 0.531 bits per heavy atom. The summed E-state index contributed by atoms with van der Waals surface area (Å²) in [5.41, 5.74) is 6.59. The maximum Gasteiger partial charge on any atom is 0.186 e. The van der Waals surface area contributed by atoms with E-state index in [0.717, 1.165) is 44.6 Å². The molecule has 49 heavy (non-hydrogen) atoms. The van der Waals surface area contributed by atoms with Gasteiger partial charge in [0.2, 0.25) is 0 Å². The first-order valence-corrected chi connectivity index (χ1v) is 17.0. The summed E-state index contributed by atoms with van der Waals surface area (Å²) in [6.45, 7) is 24.6. The maximum absolute atomic E-state index is 13.3. The van der Waals surface area contributed by atoms with E-state index in [4.69, 9.17) is 11.6 Å². The molecule has 0 unspecified atom stereocenters. The number of carbonyl (C=O) groups excluding carboxylic acids is 2. The molecule has 2 aliphatic carbocycles. The number of nitrogens with zero attached hydrogens (tertiary/aromatic N) is 4. The van der Waals surface area contributed by atoms with Gasteiger partial charge in [0.25, 0.3) is 0 Å². The third-order valence-electron chi connectivity index (χ3n) is 8.34. The zero-order chi connectivity index (χ0) is 36.5. The molecule has 0 saturated heterocycles. The number of rotatable bonds is 5. The molecule has 0 fully saturated rings. The summed E-state index contributed by atoms with van der Waals surface area (Å²) in [4.78, 5) is 26.5. The summed E-state index contributed by atoms with van der Waals surface area (Å²) in [6.07, 6.45) is 11.0. The fourth-order valence-corrected chi connectivity index (χ4v) is 5.71. The molecule has 6 nitrogen and oxygen atoms in total. The van der Waals surface area contributed by atoms with Gasteiger partial charge in [-0.2, -0.15) is 20.5 Å². The first-order valence-electron chi connectivity index (χ1n) is 16.7. The Bertz CT molecular complexity index is 1830. The fraction of sp³-hybridized carbons (Fsp3) is 0.381. The zero-order valence-electron chi connectivity index (χ0n) is 31.0. The predicted octanol–water partition coefficient (Wildman–Crippen LogP) is 13.0. The smallest absolute Gasteiger partial charge is 0.186 e. The minimum Gasteiger partial charge on any atom is -0.289 e. The van der Waals surface area contributed by atoms with Gasteiger partial charge in [0.05, 0.1) is 23.8 Å². The van der Waals surface area contributed by atoms with Crippen LogP contribution < -0.4 is 0 Å². The summed E-state index contributed by atoms with van der Waals surface area (Å²) in [7, 11) is 0. The lowest BCUT2D eigenvalue weighted by molar-refractivity contribution is -0.114. The number of benzene rings is 2. The highest BCUT2D eigenvalue weighted by Gasteiger charge is 2.35. The third-order valence-corrected chi connectivity index (χ3v) is 8.58. The van der Waals surface area contributed by atoms with Gasteiger partial charge in [-0.15, -0.1) is 0 Å². The van der Waals surface area contributed by atoms with E-state index in [1.807, 2.05) is 144 Å². The van der Waals surface area contributed by atoms with Crippen LogP contribution in [0.1, 0.15) is 83.1 Å². The second-order valence-electron chi connectivity index (χ2n) is 16.8. The van der Waals surface area contributed by atoms with Gasteiger partial charge < -0.3 is 0 Å². The van der Waals surface area contributed by atoms with E-state index >= 15 is 0 Å². The molecular formula is C42H49ClN4O2. The van der Waals surface area contributed by atoms with Gasteiger partial charge in [-0.25, -0.2) is 0 Å². The Labute approximate surface area is 297 Å². The predicted molar refractivity (Wildman–Crippen MR) is 202 cm³/mol. The van der Waals surface area contributed by atoms with E-state index in [0.29, 0.717) is 16.4 Å². The minimum atomic E-state index is -0.309. The number of hydrogen-bond acceptors (Lipinski definition) is 6. The SMILES string of the molecule is CC(C)(C)C1=CC(=C/N=N\c2cc(Cl)ccc2-c2ccc(/N=N/C=C3C=C(C(C)(C)C)C(=O)C(C(C)(C)C)=C3)cc2)C=C(C(C)(C)C)C1=O. The van der Waals surface area contributed by atoms with Crippen molar-refractivity contribution in [1.82, 2.24) is 0 Å². The van der Waals surface area contributed by atoms with Gasteiger partial charge in [-0.1, -0.05) is 113 Å². The van der Waals surface area contributed by atoms with Crippen molar-refractivity contribution in [2.24, 2.45) is 42.1 Å². The molecule has 0 aromatic heterocycles. The van der Waals surface area contributed by atoms with Crippen molar-refractivity contribution in [3.05, 3.63) is 118 Å². The normalized spacial score (nSPS) is 16.6. The molecule has 2 aromatic rings. The zero-order valence-corrected chi connectivity index (χ0v) is 31.7. The van der Waals surface area contributed by atoms with Crippen molar-refractivity contribution in [3.63, 3.8) is 0 Å². The number of azo groups is 2. The van der Waals surface area contributed by atoms with Crippen LogP contribution >= 0.6 is 11.6 Å².